The van der Waals surface area contributed by atoms with Crippen molar-refractivity contribution in [3.8, 4) is 12.3 Å². The number of tetrazole rings is 1. The van der Waals surface area contributed by atoms with Crippen LogP contribution in [0.25, 0.3) is 0 Å². The Morgan fingerprint density at radius 1 is 1.69 bits per heavy atom. The standard InChI is InChI=1S/C8H13N5/c1-4-6-7(5-2)9-8-10-11-12-13(8)3/h2,7H,4,6H2,1,3H3,(H,9,10,12). The van der Waals surface area contributed by atoms with Crippen LogP contribution >= 0.6 is 0 Å². The maximum atomic E-state index is 5.34. The molecule has 13 heavy (non-hydrogen) atoms. The van der Waals surface area contributed by atoms with Crippen LogP contribution in [0.1, 0.15) is 19.8 Å². The second-order valence-corrected chi connectivity index (χ2v) is 2.78. The van der Waals surface area contributed by atoms with Gasteiger partial charge in [0.15, 0.2) is 0 Å². The van der Waals surface area contributed by atoms with Crippen LogP contribution in [-0.4, -0.2) is 26.2 Å². The maximum absolute atomic E-state index is 5.34. The highest BCUT2D eigenvalue weighted by atomic mass is 15.6. The van der Waals surface area contributed by atoms with E-state index in [-0.39, 0.29) is 6.04 Å². The van der Waals surface area contributed by atoms with Crippen molar-refractivity contribution in [2.45, 2.75) is 25.8 Å². The van der Waals surface area contributed by atoms with Gasteiger partial charge in [-0.2, -0.15) is 0 Å². The lowest BCUT2D eigenvalue weighted by atomic mass is 10.2. The minimum atomic E-state index is 0.00898. The second kappa shape index (κ2) is 4.45. The van der Waals surface area contributed by atoms with Crippen molar-refractivity contribution >= 4 is 5.95 Å². The van der Waals surface area contributed by atoms with E-state index < -0.39 is 0 Å². The fourth-order valence-corrected chi connectivity index (χ4v) is 0.993. The molecule has 0 radical (unpaired) electrons. The van der Waals surface area contributed by atoms with Gasteiger partial charge in [0, 0.05) is 7.05 Å². The van der Waals surface area contributed by atoms with Gasteiger partial charge in [-0.25, -0.2) is 4.68 Å². The monoisotopic (exact) mass is 179 g/mol. The summed E-state index contributed by atoms with van der Waals surface area (Å²) in [6.07, 6.45) is 7.29. The van der Waals surface area contributed by atoms with Gasteiger partial charge in [-0.05, 0) is 16.8 Å². The Morgan fingerprint density at radius 2 is 2.46 bits per heavy atom. The van der Waals surface area contributed by atoms with E-state index in [0.717, 1.165) is 12.8 Å². The van der Waals surface area contributed by atoms with E-state index in [9.17, 15) is 0 Å². The molecule has 1 atom stereocenters. The van der Waals surface area contributed by atoms with Crippen molar-refractivity contribution in [1.29, 1.82) is 0 Å². The molecule has 0 bridgehead atoms. The fraction of sp³-hybridized carbons (Fsp3) is 0.625. The van der Waals surface area contributed by atoms with Gasteiger partial charge in [-0.3, -0.25) is 0 Å². The van der Waals surface area contributed by atoms with Crippen LogP contribution in [0, 0.1) is 12.3 Å². The number of hydrogen-bond donors (Lipinski definition) is 1. The molecule has 1 aromatic rings. The highest BCUT2D eigenvalue weighted by molar-refractivity contribution is 5.27. The van der Waals surface area contributed by atoms with Gasteiger partial charge < -0.3 is 5.32 Å². The van der Waals surface area contributed by atoms with E-state index in [0.29, 0.717) is 5.95 Å². The molecule has 0 fully saturated rings. The third-order valence-corrected chi connectivity index (χ3v) is 1.70. The minimum Gasteiger partial charge on any atom is -0.339 e. The SMILES string of the molecule is C#CC(CCC)Nc1nnnn1C. The van der Waals surface area contributed by atoms with Crippen molar-refractivity contribution < 1.29 is 0 Å². The van der Waals surface area contributed by atoms with Crippen molar-refractivity contribution in [3.05, 3.63) is 0 Å². The molecule has 0 saturated heterocycles. The molecule has 5 nitrogen and oxygen atoms in total. The third-order valence-electron chi connectivity index (χ3n) is 1.70. The summed E-state index contributed by atoms with van der Waals surface area (Å²) in [5.41, 5.74) is 0. The van der Waals surface area contributed by atoms with E-state index in [2.05, 4.69) is 33.7 Å². The Labute approximate surface area is 77.5 Å². The molecular weight excluding hydrogens is 166 g/mol. The molecule has 0 aliphatic rings. The number of aromatic nitrogens is 4. The molecule has 1 unspecified atom stereocenters. The number of hydrogen-bond acceptors (Lipinski definition) is 4. The smallest absolute Gasteiger partial charge is 0.243 e. The molecule has 1 rings (SSSR count). The predicted octanol–water partition coefficient (Wildman–Crippen LogP) is 0.424. The zero-order chi connectivity index (χ0) is 9.68. The van der Waals surface area contributed by atoms with Crippen molar-refractivity contribution in [2.75, 3.05) is 5.32 Å². The molecule has 1 N–H and O–H groups in total. The van der Waals surface area contributed by atoms with Crippen molar-refractivity contribution in [1.82, 2.24) is 20.2 Å². The summed E-state index contributed by atoms with van der Waals surface area (Å²) in [6.45, 7) is 2.08. The Kier molecular flexibility index (Phi) is 3.26. The van der Waals surface area contributed by atoms with Crippen LogP contribution < -0.4 is 5.32 Å². The van der Waals surface area contributed by atoms with Crippen LogP contribution in [0.3, 0.4) is 0 Å². The second-order valence-electron chi connectivity index (χ2n) is 2.78. The number of nitrogens with zero attached hydrogens (tertiary/aromatic N) is 4. The molecule has 0 spiro atoms. The lowest BCUT2D eigenvalue weighted by Crippen LogP contribution is -2.19. The Hall–Kier alpha value is -1.57. The molecule has 0 saturated carbocycles. The molecule has 0 amide bonds. The van der Waals surface area contributed by atoms with Gasteiger partial charge in [0.2, 0.25) is 5.95 Å². The summed E-state index contributed by atoms with van der Waals surface area (Å²) in [5, 5.41) is 14.0. The predicted molar refractivity (Wildman–Crippen MR) is 49.9 cm³/mol. The third kappa shape index (κ3) is 2.44. The van der Waals surface area contributed by atoms with Crippen LogP contribution in [0.5, 0.6) is 0 Å². The zero-order valence-electron chi connectivity index (χ0n) is 7.86. The molecule has 70 valence electrons. The Balaban J connectivity index is 2.57. The average molecular weight is 179 g/mol. The maximum Gasteiger partial charge on any atom is 0.243 e. The summed E-state index contributed by atoms with van der Waals surface area (Å²) < 4.78 is 1.56. The van der Waals surface area contributed by atoms with E-state index in [1.54, 1.807) is 11.7 Å². The molecule has 5 heteroatoms. The van der Waals surface area contributed by atoms with E-state index in [1.165, 1.54) is 0 Å². The fourth-order valence-electron chi connectivity index (χ4n) is 0.993. The highest BCUT2D eigenvalue weighted by Gasteiger charge is 2.07. The molecule has 0 aromatic carbocycles. The van der Waals surface area contributed by atoms with Crippen molar-refractivity contribution in [2.24, 2.45) is 7.05 Å². The number of aryl methyl sites for hydroxylation is 1. The van der Waals surface area contributed by atoms with Gasteiger partial charge in [-0.1, -0.05) is 24.4 Å². The topological polar surface area (TPSA) is 55.6 Å². The van der Waals surface area contributed by atoms with E-state index in [1.807, 2.05) is 0 Å². The van der Waals surface area contributed by atoms with Crippen LogP contribution in [0.4, 0.5) is 5.95 Å². The highest BCUT2D eigenvalue weighted by Crippen LogP contribution is 2.03. The molecule has 1 aromatic heterocycles. The van der Waals surface area contributed by atoms with Crippen molar-refractivity contribution in [3.63, 3.8) is 0 Å². The Morgan fingerprint density at radius 3 is 2.92 bits per heavy atom. The summed E-state index contributed by atoms with van der Waals surface area (Å²) in [7, 11) is 1.77. The number of terminal acetylenes is 1. The number of nitrogens with one attached hydrogen (secondary N) is 1. The molecule has 0 aliphatic carbocycles. The minimum absolute atomic E-state index is 0.00898. The van der Waals surface area contributed by atoms with Gasteiger partial charge in [-0.15, -0.1) is 6.42 Å². The Bertz CT molecular complexity index is 298. The quantitative estimate of drug-likeness (QED) is 0.681. The van der Waals surface area contributed by atoms with Crippen LogP contribution in [-0.2, 0) is 7.05 Å². The van der Waals surface area contributed by atoms with E-state index >= 15 is 0 Å². The van der Waals surface area contributed by atoms with Crippen LogP contribution in [0.15, 0.2) is 0 Å². The average Bonchev–Trinajstić information content (AvgIpc) is 2.51. The number of anilines is 1. The largest absolute Gasteiger partial charge is 0.339 e. The molecular formula is C8H13N5. The summed E-state index contributed by atoms with van der Waals surface area (Å²) in [5.74, 6) is 3.26. The summed E-state index contributed by atoms with van der Waals surface area (Å²) in [6, 6.07) is 0.00898. The molecule has 1 heterocycles. The normalized spacial score (nSPS) is 12.1. The first-order valence-electron chi connectivity index (χ1n) is 4.23. The lowest BCUT2D eigenvalue weighted by Gasteiger charge is -2.10. The zero-order valence-corrected chi connectivity index (χ0v) is 7.86. The van der Waals surface area contributed by atoms with Gasteiger partial charge in [0.25, 0.3) is 0 Å². The lowest BCUT2D eigenvalue weighted by molar-refractivity contribution is 0.697. The van der Waals surface area contributed by atoms with E-state index in [4.69, 9.17) is 6.42 Å². The first kappa shape index (κ1) is 9.52. The first-order valence-corrected chi connectivity index (χ1v) is 4.23. The number of rotatable bonds is 4. The summed E-state index contributed by atoms with van der Waals surface area (Å²) in [4.78, 5) is 0. The van der Waals surface area contributed by atoms with Gasteiger partial charge in [0.1, 0.15) is 0 Å². The van der Waals surface area contributed by atoms with Crippen LogP contribution in [0.2, 0.25) is 0 Å². The van der Waals surface area contributed by atoms with Gasteiger partial charge in [0.05, 0.1) is 6.04 Å². The van der Waals surface area contributed by atoms with Gasteiger partial charge >= 0.3 is 0 Å². The first-order chi connectivity index (χ1) is 6.27. The summed E-state index contributed by atoms with van der Waals surface area (Å²) >= 11 is 0. The molecule has 0 aliphatic heterocycles.